The van der Waals surface area contributed by atoms with Crippen LogP contribution in [0.3, 0.4) is 0 Å². The molecule has 7 heteroatoms. The number of aliphatic hydroxyl groups excluding tert-OH is 2. The van der Waals surface area contributed by atoms with Gasteiger partial charge in [0.1, 0.15) is 5.78 Å². The quantitative estimate of drug-likeness (QED) is 0.351. The fraction of sp³-hybridized carbons (Fsp3) is 0.524. The van der Waals surface area contributed by atoms with Crippen molar-refractivity contribution in [2.45, 2.75) is 30.6 Å². The zero-order valence-electron chi connectivity index (χ0n) is 15.8. The van der Waals surface area contributed by atoms with Crippen LogP contribution in [0, 0.1) is 11.8 Å². The Morgan fingerprint density at radius 1 is 1.25 bits per heavy atom. The van der Waals surface area contributed by atoms with Crippen LogP contribution in [0.4, 0.5) is 0 Å². The summed E-state index contributed by atoms with van der Waals surface area (Å²) >= 11 is 2.96. The second-order valence-corrected chi connectivity index (χ2v) is 9.28. The fourth-order valence-corrected chi connectivity index (χ4v) is 5.56. The summed E-state index contributed by atoms with van der Waals surface area (Å²) in [5.41, 5.74) is 1.05. The number of benzene rings is 1. The van der Waals surface area contributed by atoms with E-state index in [1.807, 2.05) is 36.4 Å². The molecule has 1 aromatic carbocycles. The summed E-state index contributed by atoms with van der Waals surface area (Å²) in [5.74, 6) is 0.775. The predicted molar refractivity (Wildman–Crippen MR) is 115 cm³/mol. The lowest BCUT2D eigenvalue weighted by Crippen LogP contribution is -2.21. The van der Waals surface area contributed by atoms with Crippen LogP contribution < -0.4 is 0 Å². The van der Waals surface area contributed by atoms with E-state index in [4.69, 9.17) is 5.11 Å². The molecule has 1 aliphatic rings. The third-order valence-electron chi connectivity index (χ3n) is 4.71. The normalized spacial score (nSPS) is 23.4. The maximum absolute atomic E-state index is 12.4. The minimum Gasteiger partial charge on any atom is -0.481 e. The summed E-state index contributed by atoms with van der Waals surface area (Å²) in [5, 5.41) is 28.4. The van der Waals surface area contributed by atoms with Gasteiger partial charge in [-0.25, -0.2) is 0 Å². The molecule has 1 saturated carbocycles. The van der Waals surface area contributed by atoms with E-state index in [1.165, 1.54) is 11.8 Å². The van der Waals surface area contributed by atoms with Crippen LogP contribution >= 0.6 is 23.5 Å². The minimum atomic E-state index is -0.811. The monoisotopic (exact) mass is 424 g/mol. The first kappa shape index (κ1) is 23.0. The van der Waals surface area contributed by atoms with Gasteiger partial charge < -0.3 is 15.3 Å². The van der Waals surface area contributed by atoms with Crippen LogP contribution in [-0.2, 0) is 16.0 Å². The van der Waals surface area contributed by atoms with Gasteiger partial charge in [-0.3, -0.25) is 9.59 Å². The Bertz CT molecular complexity index is 649. The van der Waals surface area contributed by atoms with Crippen molar-refractivity contribution in [1.29, 1.82) is 0 Å². The van der Waals surface area contributed by atoms with Crippen molar-refractivity contribution in [1.82, 2.24) is 0 Å². The van der Waals surface area contributed by atoms with E-state index in [0.29, 0.717) is 12.8 Å². The highest BCUT2D eigenvalue weighted by Crippen LogP contribution is 2.38. The molecular weight excluding hydrogens is 396 g/mol. The largest absolute Gasteiger partial charge is 0.481 e. The number of hydrogen-bond acceptors (Lipinski definition) is 6. The molecule has 0 heterocycles. The predicted octanol–water partition coefficient (Wildman–Crippen LogP) is 2.65. The van der Waals surface area contributed by atoms with Gasteiger partial charge in [0.15, 0.2) is 0 Å². The Labute approximate surface area is 174 Å². The first-order chi connectivity index (χ1) is 13.5. The van der Waals surface area contributed by atoms with Crippen molar-refractivity contribution in [3.05, 3.63) is 48.0 Å². The van der Waals surface area contributed by atoms with Gasteiger partial charge in [-0.05, 0) is 29.4 Å². The lowest BCUT2D eigenvalue weighted by molar-refractivity contribution is -0.133. The van der Waals surface area contributed by atoms with Crippen LogP contribution in [0.25, 0.3) is 0 Å². The molecular formula is C21H28O5S2. The molecule has 0 aliphatic heterocycles. The highest BCUT2D eigenvalue weighted by atomic mass is 32.2. The molecule has 0 bridgehead atoms. The average Bonchev–Trinajstić information content (AvgIpc) is 2.98. The van der Waals surface area contributed by atoms with E-state index in [2.05, 4.69) is 0 Å². The third kappa shape index (κ3) is 7.62. The summed E-state index contributed by atoms with van der Waals surface area (Å²) in [4.78, 5) is 22.9. The Morgan fingerprint density at radius 3 is 2.68 bits per heavy atom. The molecule has 1 aromatic rings. The SMILES string of the molecule is O=C(O)CSCCCSC1C(=O)CC(CO)C1C=CC(O)Cc1ccccc1. The third-order valence-corrected chi connectivity index (χ3v) is 7.20. The molecule has 3 N–H and O–H groups in total. The average molecular weight is 425 g/mol. The van der Waals surface area contributed by atoms with E-state index in [-0.39, 0.29) is 35.2 Å². The lowest BCUT2D eigenvalue weighted by atomic mass is 9.95. The van der Waals surface area contributed by atoms with Crippen molar-refractivity contribution >= 4 is 35.3 Å². The Balaban J connectivity index is 1.86. The van der Waals surface area contributed by atoms with Crippen LogP contribution in [0.15, 0.2) is 42.5 Å². The smallest absolute Gasteiger partial charge is 0.313 e. The van der Waals surface area contributed by atoms with Crippen molar-refractivity contribution in [2.75, 3.05) is 23.9 Å². The van der Waals surface area contributed by atoms with Crippen molar-refractivity contribution in [3.63, 3.8) is 0 Å². The topological polar surface area (TPSA) is 94.8 Å². The molecule has 0 saturated heterocycles. The second kappa shape index (κ2) is 12.3. The number of carbonyl (C=O) groups excluding carboxylic acids is 1. The van der Waals surface area contributed by atoms with Crippen molar-refractivity contribution in [3.8, 4) is 0 Å². The van der Waals surface area contributed by atoms with Crippen LogP contribution in [-0.4, -0.2) is 62.3 Å². The van der Waals surface area contributed by atoms with Gasteiger partial charge in [-0.15, -0.1) is 11.8 Å². The summed E-state index contributed by atoms with van der Waals surface area (Å²) < 4.78 is 0. The van der Waals surface area contributed by atoms with E-state index >= 15 is 0 Å². The number of carboxylic acid groups (broad SMARTS) is 1. The summed E-state index contributed by atoms with van der Waals surface area (Å²) in [6, 6.07) is 9.74. The highest BCUT2D eigenvalue weighted by Gasteiger charge is 2.40. The van der Waals surface area contributed by atoms with E-state index in [1.54, 1.807) is 17.8 Å². The van der Waals surface area contributed by atoms with Crippen LogP contribution in [0.1, 0.15) is 18.4 Å². The number of aliphatic carboxylic acids is 1. The zero-order valence-corrected chi connectivity index (χ0v) is 17.4. The second-order valence-electron chi connectivity index (χ2n) is 6.92. The maximum Gasteiger partial charge on any atom is 0.313 e. The van der Waals surface area contributed by atoms with E-state index < -0.39 is 12.1 Å². The molecule has 28 heavy (non-hydrogen) atoms. The number of carboxylic acids is 1. The summed E-state index contributed by atoms with van der Waals surface area (Å²) in [6.45, 7) is -0.0406. The molecule has 0 amide bonds. The first-order valence-corrected chi connectivity index (χ1v) is 11.7. The first-order valence-electron chi connectivity index (χ1n) is 9.46. The molecule has 0 spiro atoms. The molecule has 0 aromatic heterocycles. The number of ketones is 1. The zero-order chi connectivity index (χ0) is 20.4. The molecule has 0 radical (unpaired) electrons. The Kier molecular flexibility index (Phi) is 10.1. The molecule has 154 valence electrons. The fourth-order valence-electron chi connectivity index (χ4n) is 3.33. The summed E-state index contributed by atoms with van der Waals surface area (Å²) in [6.07, 6.45) is 4.73. The number of allylic oxidation sites excluding steroid dienone is 1. The Morgan fingerprint density at radius 2 is 2.00 bits per heavy atom. The van der Waals surface area contributed by atoms with Gasteiger partial charge in [-0.2, -0.15) is 11.8 Å². The van der Waals surface area contributed by atoms with Gasteiger partial charge in [0.25, 0.3) is 0 Å². The number of carbonyl (C=O) groups is 2. The van der Waals surface area contributed by atoms with Crippen LogP contribution in [0.5, 0.6) is 0 Å². The molecule has 4 atom stereocenters. The minimum absolute atomic E-state index is 0.0406. The highest BCUT2D eigenvalue weighted by molar-refractivity contribution is 8.01. The number of hydrogen-bond donors (Lipinski definition) is 3. The Hall–Kier alpha value is -1.28. The number of aliphatic hydroxyl groups is 2. The molecule has 4 unspecified atom stereocenters. The number of rotatable bonds is 12. The number of Topliss-reactive ketones (excluding diaryl/α,β-unsaturated/α-hetero) is 1. The molecule has 2 rings (SSSR count). The lowest BCUT2D eigenvalue weighted by Gasteiger charge is -2.19. The number of thioether (sulfide) groups is 2. The van der Waals surface area contributed by atoms with Gasteiger partial charge in [0.2, 0.25) is 0 Å². The van der Waals surface area contributed by atoms with Crippen LogP contribution in [0.2, 0.25) is 0 Å². The van der Waals surface area contributed by atoms with Gasteiger partial charge in [0.05, 0.1) is 17.1 Å². The van der Waals surface area contributed by atoms with E-state index in [0.717, 1.165) is 23.5 Å². The molecule has 1 fully saturated rings. The van der Waals surface area contributed by atoms with Crippen molar-refractivity contribution in [2.24, 2.45) is 11.8 Å². The standard InChI is InChI=1S/C21H28O5S2/c22-13-16-12-19(24)21(28-10-4-9-27-14-20(25)26)18(16)8-7-17(23)11-15-5-2-1-3-6-15/h1-3,5-8,16-18,21-23H,4,9-14H2,(H,25,26). The maximum atomic E-state index is 12.4. The van der Waals surface area contributed by atoms with E-state index in [9.17, 15) is 19.8 Å². The van der Waals surface area contributed by atoms with Crippen molar-refractivity contribution < 1.29 is 24.9 Å². The summed E-state index contributed by atoms with van der Waals surface area (Å²) in [7, 11) is 0. The molecule has 1 aliphatic carbocycles. The molecule has 5 nitrogen and oxygen atoms in total. The van der Waals surface area contributed by atoms with Gasteiger partial charge >= 0.3 is 5.97 Å². The van der Waals surface area contributed by atoms with Gasteiger partial charge in [0, 0.05) is 25.4 Å². The van der Waals surface area contributed by atoms with Gasteiger partial charge in [-0.1, -0.05) is 42.5 Å².